The molecule has 1 aliphatic rings. The van der Waals surface area contributed by atoms with Gasteiger partial charge >= 0.3 is 12.6 Å². The van der Waals surface area contributed by atoms with E-state index in [0.29, 0.717) is 23.5 Å². The van der Waals surface area contributed by atoms with Crippen LogP contribution in [-0.2, 0) is 14.3 Å². The lowest BCUT2D eigenvalue weighted by molar-refractivity contribution is -0.180. The zero-order chi connectivity index (χ0) is 24.4. The maximum Gasteiger partial charge on any atom is 0.387 e. The van der Waals surface area contributed by atoms with Crippen LogP contribution in [0.5, 0.6) is 5.75 Å². The van der Waals surface area contributed by atoms with E-state index in [2.05, 4.69) is 42.3 Å². The molecule has 33 heavy (non-hydrogen) atoms. The summed E-state index contributed by atoms with van der Waals surface area (Å²) in [6.45, 7) is 6.80. The Bertz CT molecular complexity index is 962. The van der Waals surface area contributed by atoms with Gasteiger partial charge in [-0.25, -0.2) is 9.78 Å². The monoisotopic (exact) mass is 482 g/mol. The van der Waals surface area contributed by atoms with Crippen molar-refractivity contribution in [3.8, 4) is 16.3 Å². The largest absolute Gasteiger partial charge is 0.467 e. The van der Waals surface area contributed by atoms with E-state index in [1.54, 1.807) is 31.5 Å². The van der Waals surface area contributed by atoms with Crippen LogP contribution < -0.4 is 4.74 Å². The molecule has 182 valence electrons. The predicted molar refractivity (Wildman–Crippen MR) is 123 cm³/mol. The number of methoxy groups -OCH3 is 2. The van der Waals surface area contributed by atoms with Crippen molar-refractivity contribution in [3.63, 3.8) is 0 Å². The van der Waals surface area contributed by atoms with Crippen LogP contribution in [0.15, 0.2) is 30.5 Å². The first-order valence-electron chi connectivity index (χ1n) is 10.9. The maximum absolute atomic E-state index is 12.8. The minimum Gasteiger partial charge on any atom is -0.467 e. The summed E-state index contributed by atoms with van der Waals surface area (Å²) in [7, 11) is 2.93. The molecule has 1 aliphatic heterocycles. The third-order valence-electron chi connectivity index (χ3n) is 6.48. The van der Waals surface area contributed by atoms with Crippen molar-refractivity contribution < 1.29 is 27.8 Å². The fourth-order valence-electron chi connectivity index (χ4n) is 4.27. The highest BCUT2D eigenvalue weighted by Crippen LogP contribution is 2.43. The molecule has 3 atom stereocenters. The number of hydrogen-bond donors (Lipinski definition) is 0. The molecule has 1 aromatic carbocycles. The highest BCUT2D eigenvalue weighted by Gasteiger charge is 2.50. The topological polar surface area (TPSA) is 60.9 Å². The van der Waals surface area contributed by atoms with Crippen LogP contribution in [0.1, 0.15) is 45.0 Å². The minimum absolute atomic E-state index is 0.0411. The van der Waals surface area contributed by atoms with Crippen LogP contribution in [0.3, 0.4) is 0 Å². The average Bonchev–Trinajstić information content (AvgIpc) is 3.27. The van der Waals surface area contributed by atoms with Gasteiger partial charge in [-0.1, -0.05) is 32.9 Å². The summed E-state index contributed by atoms with van der Waals surface area (Å²) >= 11 is 1.42. The van der Waals surface area contributed by atoms with Gasteiger partial charge in [-0.3, -0.25) is 4.90 Å². The van der Waals surface area contributed by atoms with Crippen LogP contribution in [0, 0.1) is 11.3 Å². The molecule has 0 spiro atoms. The third-order valence-corrected chi connectivity index (χ3v) is 7.68. The SMILES string of the molecule is COC(=O)[C@]1(OC)C[C@@H](C(C)(C)C)CN(C(C)c2cnc(-c3ccccc3OC(F)F)s2)C1. The van der Waals surface area contributed by atoms with Gasteiger partial charge in [0.1, 0.15) is 10.8 Å². The van der Waals surface area contributed by atoms with Gasteiger partial charge in [-0.15, -0.1) is 11.3 Å². The van der Waals surface area contributed by atoms with Crippen LogP contribution in [0.25, 0.3) is 10.6 Å². The lowest BCUT2D eigenvalue weighted by Gasteiger charge is -2.49. The standard InChI is InChI=1S/C24H32F2N2O4S/c1-15(19-12-27-20(33-19)17-9-7-8-10-18(17)32-22(25)26)28-13-16(23(2,3)4)11-24(14-28,31-6)21(29)30-5/h7-10,12,15-16,22H,11,13-14H2,1-6H3/t15?,16-,24+/m1/s1. The zero-order valence-corrected chi connectivity index (χ0v) is 20.7. The van der Waals surface area contributed by atoms with Crippen LogP contribution in [-0.4, -0.2) is 55.4 Å². The number of ether oxygens (including phenoxy) is 3. The molecule has 3 rings (SSSR count). The summed E-state index contributed by atoms with van der Waals surface area (Å²) < 4.78 is 41.2. The molecule has 0 N–H and O–H groups in total. The first kappa shape index (κ1) is 25.5. The van der Waals surface area contributed by atoms with Crippen LogP contribution in [0.2, 0.25) is 0 Å². The smallest absolute Gasteiger partial charge is 0.387 e. The normalized spacial score (nSPS) is 22.9. The lowest BCUT2D eigenvalue weighted by Crippen LogP contribution is -2.59. The van der Waals surface area contributed by atoms with Gasteiger partial charge in [0.2, 0.25) is 0 Å². The van der Waals surface area contributed by atoms with Crippen molar-refractivity contribution in [2.45, 2.75) is 52.4 Å². The van der Waals surface area contributed by atoms with Gasteiger partial charge in [0.05, 0.1) is 12.7 Å². The number of piperidine rings is 1. The maximum atomic E-state index is 12.8. The van der Waals surface area contributed by atoms with Gasteiger partial charge in [-0.2, -0.15) is 8.78 Å². The second-order valence-corrected chi connectivity index (χ2v) is 10.6. The molecular formula is C24H32F2N2O4S. The van der Waals surface area contributed by atoms with E-state index in [-0.39, 0.29) is 29.1 Å². The summed E-state index contributed by atoms with van der Waals surface area (Å²) in [5.41, 5.74) is -0.571. The molecule has 1 fully saturated rings. The van der Waals surface area contributed by atoms with E-state index in [9.17, 15) is 13.6 Å². The molecule has 1 aromatic heterocycles. The van der Waals surface area contributed by atoms with E-state index in [0.717, 1.165) is 11.4 Å². The Kier molecular flexibility index (Phi) is 7.76. The second kappa shape index (κ2) is 10.0. The molecule has 6 nitrogen and oxygen atoms in total. The first-order valence-corrected chi connectivity index (χ1v) is 11.7. The van der Waals surface area contributed by atoms with E-state index in [4.69, 9.17) is 9.47 Å². The minimum atomic E-state index is -2.91. The Morgan fingerprint density at radius 2 is 1.97 bits per heavy atom. The van der Waals surface area contributed by atoms with Crippen molar-refractivity contribution in [1.29, 1.82) is 0 Å². The number of halogens is 2. The number of alkyl halides is 2. The number of rotatable bonds is 7. The Labute approximate surface area is 197 Å². The Morgan fingerprint density at radius 1 is 1.27 bits per heavy atom. The van der Waals surface area contributed by atoms with Crippen molar-refractivity contribution in [2.24, 2.45) is 11.3 Å². The molecule has 0 amide bonds. The number of carbonyl (C=O) groups excluding carboxylic acids is 1. The molecule has 1 unspecified atom stereocenters. The van der Waals surface area contributed by atoms with E-state index < -0.39 is 12.2 Å². The van der Waals surface area contributed by atoms with Gasteiger partial charge in [0.15, 0.2) is 5.60 Å². The number of esters is 1. The third kappa shape index (κ3) is 5.53. The number of aromatic nitrogens is 1. The first-order chi connectivity index (χ1) is 15.5. The van der Waals surface area contributed by atoms with Crippen molar-refractivity contribution in [3.05, 3.63) is 35.3 Å². The number of carbonyl (C=O) groups is 1. The molecule has 0 aliphatic carbocycles. The number of thiazole rings is 1. The summed E-state index contributed by atoms with van der Waals surface area (Å²) in [5.74, 6) is -0.0876. The molecular weight excluding hydrogens is 450 g/mol. The van der Waals surface area contributed by atoms with Crippen LogP contribution in [0.4, 0.5) is 8.78 Å². The summed E-state index contributed by atoms with van der Waals surface area (Å²) in [4.78, 5) is 20.4. The van der Waals surface area contributed by atoms with Gasteiger partial charge < -0.3 is 14.2 Å². The quantitative estimate of drug-likeness (QED) is 0.493. The number of para-hydroxylation sites is 1. The van der Waals surface area contributed by atoms with Crippen molar-refractivity contribution in [2.75, 3.05) is 27.3 Å². The second-order valence-electron chi connectivity index (χ2n) is 9.50. The van der Waals surface area contributed by atoms with Crippen molar-refractivity contribution in [1.82, 2.24) is 9.88 Å². The zero-order valence-electron chi connectivity index (χ0n) is 19.9. The Morgan fingerprint density at radius 3 is 2.58 bits per heavy atom. The number of hydrogen-bond acceptors (Lipinski definition) is 7. The average molecular weight is 483 g/mol. The van der Waals surface area contributed by atoms with E-state index in [1.807, 2.05) is 0 Å². The number of likely N-dealkylation sites (tertiary alicyclic amines) is 1. The Balaban J connectivity index is 1.91. The fraction of sp³-hybridized carbons (Fsp3) is 0.583. The van der Waals surface area contributed by atoms with Gasteiger partial charge in [-0.05, 0) is 36.8 Å². The Hall–Kier alpha value is -2.10. The molecule has 1 saturated heterocycles. The highest BCUT2D eigenvalue weighted by atomic mass is 32.1. The van der Waals surface area contributed by atoms with Crippen molar-refractivity contribution >= 4 is 17.3 Å². The fourth-order valence-corrected chi connectivity index (χ4v) is 5.30. The molecule has 0 bridgehead atoms. The molecule has 2 heterocycles. The number of benzene rings is 1. The molecule has 0 saturated carbocycles. The van der Waals surface area contributed by atoms with Gasteiger partial charge in [0, 0.05) is 37.3 Å². The van der Waals surface area contributed by atoms with Gasteiger partial charge in [0.25, 0.3) is 0 Å². The lowest BCUT2D eigenvalue weighted by atomic mass is 9.71. The van der Waals surface area contributed by atoms with Crippen LogP contribution >= 0.6 is 11.3 Å². The predicted octanol–water partition coefficient (Wildman–Crippen LogP) is 5.40. The molecule has 2 aromatic rings. The molecule has 9 heteroatoms. The highest BCUT2D eigenvalue weighted by molar-refractivity contribution is 7.15. The van der Waals surface area contributed by atoms with E-state index >= 15 is 0 Å². The molecule has 0 radical (unpaired) electrons. The summed E-state index contributed by atoms with van der Waals surface area (Å²) in [6, 6.07) is 6.57. The van der Waals surface area contributed by atoms with E-state index in [1.165, 1.54) is 24.5 Å². The summed E-state index contributed by atoms with van der Waals surface area (Å²) in [5, 5.41) is 0.600. The number of nitrogens with zero attached hydrogens (tertiary/aromatic N) is 2. The summed E-state index contributed by atoms with van der Waals surface area (Å²) in [6.07, 6.45) is 2.34.